The van der Waals surface area contributed by atoms with Gasteiger partial charge in [0.15, 0.2) is 11.6 Å². The number of nitrogens with zero attached hydrogens (tertiary/aromatic N) is 2. The molecule has 0 bridgehead atoms. The lowest BCUT2D eigenvalue weighted by molar-refractivity contribution is 0.111. The van der Waals surface area contributed by atoms with Crippen LogP contribution in [0.4, 0.5) is 8.78 Å². The summed E-state index contributed by atoms with van der Waals surface area (Å²) in [6.07, 6.45) is 0.846. The van der Waals surface area contributed by atoms with Crippen molar-refractivity contribution in [2.45, 2.75) is 19.6 Å². The van der Waals surface area contributed by atoms with Crippen LogP contribution in [0.1, 0.15) is 24.3 Å². The molecule has 0 fully saturated rings. The van der Waals surface area contributed by atoms with Gasteiger partial charge in [-0.1, -0.05) is 19.1 Å². The lowest BCUT2D eigenvalue weighted by atomic mass is 10.1. The van der Waals surface area contributed by atoms with Gasteiger partial charge in [0.2, 0.25) is 0 Å². The fraction of sp³-hybridized carbons (Fsp3) is 0.312. The number of likely N-dealkylation sites (N-methyl/N-ethyl adjacent to an activating group) is 1. The Balaban J connectivity index is 2.02. The number of rotatable bonds is 6. The van der Waals surface area contributed by atoms with E-state index in [1.54, 1.807) is 6.20 Å². The minimum atomic E-state index is -0.945. The van der Waals surface area contributed by atoms with Gasteiger partial charge < -0.3 is 5.11 Å². The van der Waals surface area contributed by atoms with E-state index in [1.807, 2.05) is 30.0 Å². The topological polar surface area (TPSA) is 36.4 Å². The molecule has 0 saturated heterocycles. The molecule has 2 aromatic rings. The van der Waals surface area contributed by atoms with Gasteiger partial charge in [0.05, 0.1) is 11.8 Å². The Morgan fingerprint density at radius 1 is 1.19 bits per heavy atom. The minimum Gasteiger partial charge on any atom is -0.387 e. The molecule has 0 aliphatic rings. The smallest absolute Gasteiger partial charge is 0.159 e. The van der Waals surface area contributed by atoms with Crippen LogP contribution in [0.25, 0.3) is 0 Å². The number of pyridine rings is 1. The fourth-order valence-electron chi connectivity index (χ4n) is 2.10. The average Bonchev–Trinajstić information content (AvgIpc) is 2.50. The predicted molar refractivity (Wildman–Crippen MR) is 76.5 cm³/mol. The molecule has 112 valence electrons. The number of aromatic nitrogens is 1. The van der Waals surface area contributed by atoms with Crippen molar-refractivity contribution in [1.82, 2.24) is 9.88 Å². The van der Waals surface area contributed by atoms with Crippen molar-refractivity contribution in [1.29, 1.82) is 0 Å². The van der Waals surface area contributed by atoms with E-state index in [0.717, 1.165) is 24.4 Å². The molecule has 0 spiro atoms. The normalized spacial score (nSPS) is 12.6. The number of aliphatic hydroxyl groups excluding tert-OH is 1. The zero-order valence-corrected chi connectivity index (χ0v) is 11.8. The maximum absolute atomic E-state index is 13.2. The first-order valence-corrected chi connectivity index (χ1v) is 6.85. The Kier molecular flexibility index (Phi) is 5.36. The number of hydrogen-bond acceptors (Lipinski definition) is 3. The molecule has 1 unspecified atom stereocenters. The van der Waals surface area contributed by atoms with Crippen LogP contribution in [0.3, 0.4) is 0 Å². The van der Waals surface area contributed by atoms with Crippen LogP contribution in [0.5, 0.6) is 0 Å². The first-order chi connectivity index (χ1) is 10.1. The first kappa shape index (κ1) is 15.5. The van der Waals surface area contributed by atoms with Gasteiger partial charge in [-0.05, 0) is 36.4 Å². The van der Waals surface area contributed by atoms with E-state index in [-0.39, 0.29) is 0 Å². The van der Waals surface area contributed by atoms with Gasteiger partial charge >= 0.3 is 0 Å². The predicted octanol–water partition coefficient (Wildman–Crippen LogP) is 2.92. The Labute approximate surface area is 122 Å². The van der Waals surface area contributed by atoms with Crippen LogP contribution in [-0.4, -0.2) is 28.1 Å². The maximum Gasteiger partial charge on any atom is 0.159 e. The molecule has 1 heterocycles. The summed E-state index contributed by atoms with van der Waals surface area (Å²) < 4.78 is 26.1. The van der Waals surface area contributed by atoms with E-state index >= 15 is 0 Å². The lowest BCUT2D eigenvalue weighted by Gasteiger charge is -2.23. The minimum absolute atomic E-state index is 0.331. The molecule has 0 amide bonds. The van der Waals surface area contributed by atoms with Crippen molar-refractivity contribution in [2.24, 2.45) is 0 Å². The van der Waals surface area contributed by atoms with Crippen LogP contribution >= 0.6 is 0 Å². The van der Waals surface area contributed by atoms with E-state index in [0.29, 0.717) is 18.7 Å². The molecule has 5 heteroatoms. The molecule has 0 aliphatic heterocycles. The van der Waals surface area contributed by atoms with Gasteiger partial charge in [0, 0.05) is 19.3 Å². The number of aliphatic hydroxyl groups is 1. The highest BCUT2D eigenvalue weighted by molar-refractivity contribution is 5.20. The van der Waals surface area contributed by atoms with E-state index in [2.05, 4.69) is 4.98 Å². The van der Waals surface area contributed by atoms with E-state index in [9.17, 15) is 13.9 Å². The summed E-state index contributed by atoms with van der Waals surface area (Å²) in [5.74, 6) is -1.86. The lowest BCUT2D eigenvalue weighted by Crippen LogP contribution is -2.28. The van der Waals surface area contributed by atoms with Crippen LogP contribution in [0.15, 0.2) is 42.6 Å². The Bertz CT molecular complexity index is 578. The number of halogens is 2. The van der Waals surface area contributed by atoms with Crippen LogP contribution in [0.2, 0.25) is 0 Å². The largest absolute Gasteiger partial charge is 0.387 e. The highest BCUT2D eigenvalue weighted by Gasteiger charge is 2.15. The second-order valence-corrected chi connectivity index (χ2v) is 4.84. The summed E-state index contributed by atoms with van der Waals surface area (Å²) in [7, 11) is 0. The van der Waals surface area contributed by atoms with Gasteiger partial charge in [-0.25, -0.2) is 8.78 Å². The molecule has 3 nitrogen and oxygen atoms in total. The van der Waals surface area contributed by atoms with Crippen molar-refractivity contribution in [3.63, 3.8) is 0 Å². The molecular formula is C16H18F2N2O. The van der Waals surface area contributed by atoms with E-state index in [4.69, 9.17) is 0 Å². The third-order valence-corrected chi connectivity index (χ3v) is 3.32. The SMILES string of the molecule is CCN(Cc1ccccn1)CC(O)c1ccc(F)c(F)c1. The Hall–Kier alpha value is -1.85. The van der Waals surface area contributed by atoms with Crippen LogP contribution < -0.4 is 0 Å². The molecule has 0 aliphatic carbocycles. The Morgan fingerprint density at radius 2 is 2.00 bits per heavy atom. The van der Waals surface area contributed by atoms with E-state index < -0.39 is 17.7 Å². The van der Waals surface area contributed by atoms with Gasteiger partial charge in [-0.15, -0.1) is 0 Å². The van der Waals surface area contributed by atoms with Crippen molar-refractivity contribution < 1.29 is 13.9 Å². The highest BCUT2D eigenvalue weighted by atomic mass is 19.2. The van der Waals surface area contributed by atoms with Gasteiger partial charge in [-0.2, -0.15) is 0 Å². The summed E-state index contributed by atoms with van der Waals surface area (Å²) >= 11 is 0. The van der Waals surface area contributed by atoms with Crippen molar-refractivity contribution in [3.05, 3.63) is 65.5 Å². The summed E-state index contributed by atoms with van der Waals surface area (Å²) in [4.78, 5) is 6.23. The summed E-state index contributed by atoms with van der Waals surface area (Å²) in [5.41, 5.74) is 1.27. The standard InChI is InChI=1S/C16H18F2N2O/c1-2-20(10-13-5-3-4-8-19-13)11-16(21)12-6-7-14(17)15(18)9-12/h3-9,16,21H,2,10-11H2,1H3. The van der Waals surface area contributed by atoms with Crippen LogP contribution in [-0.2, 0) is 6.54 Å². The molecule has 0 saturated carbocycles. The van der Waals surface area contributed by atoms with Crippen LogP contribution in [0, 0.1) is 11.6 Å². The fourth-order valence-corrected chi connectivity index (χ4v) is 2.10. The highest BCUT2D eigenvalue weighted by Crippen LogP contribution is 2.18. The average molecular weight is 292 g/mol. The molecule has 1 aromatic carbocycles. The quantitative estimate of drug-likeness (QED) is 0.889. The molecule has 1 N–H and O–H groups in total. The van der Waals surface area contributed by atoms with Crippen molar-refractivity contribution in [2.75, 3.05) is 13.1 Å². The molecule has 1 atom stereocenters. The van der Waals surface area contributed by atoms with Crippen molar-refractivity contribution >= 4 is 0 Å². The summed E-state index contributed by atoms with van der Waals surface area (Å²) in [6, 6.07) is 9.12. The third-order valence-electron chi connectivity index (χ3n) is 3.32. The first-order valence-electron chi connectivity index (χ1n) is 6.85. The molecular weight excluding hydrogens is 274 g/mol. The zero-order chi connectivity index (χ0) is 15.2. The number of benzene rings is 1. The maximum atomic E-state index is 13.2. The summed E-state index contributed by atoms with van der Waals surface area (Å²) in [5, 5.41) is 10.2. The van der Waals surface area contributed by atoms with Crippen molar-refractivity contribution in [3.8, 4) is 0 Å². The monoisotopic (exact) mass is 292 g/mol. The second-order valence-electron chi connectivity index (χ2n) is 4.84. The third kappa shape index (κ3) is 4.31. The second kappa shape index (κ2) is 7.24. The number of hydrogen-bond donors (Lipinski definition) is 1. The Morgan fingerprint density at radius 3 is 2.62 bits per heavy atom. The molecule has 21 heavy (non-hydrogen) atoms. The summed E-state index contributed by atoms with van der Waals surface area (Å²) in [6.45, 7) is 3.62. The molecule has 0 radical (unpaired) electrons. The van der Waals surface area contributed by atoms with Gasteiger partial charge in [0.1, 0.15) is 0 Å². The molecule has 2 rings (SSSR count). The zero-order valence-electron chi connectivity index (χ0n) is 11.8. The van der Waals surface area contributed by atoms with Gasteiger partial charge in [0.25, 0.3) is 0 Å². The van der Waals surface area contributed by atoms with Gasteiger partial charge in [-0.3, -0.25) is 9.88 Å². The van der Waals surface area contributed by atoms with E-state index in [1.165, 1.54) is 6.07 Å². The molecule has 1 aromatic heterocycles.